The smallest absolute Gasteiger partial charge is 0.303 e. The number of benzene rings is 1. The van der Waals surface area contributed by atoms with Gasteiger partial charge in [0.05, 0.1) is 4.91 Å². The largest absolute Gasteiger partial charge is 0.481 e. The minimum atomic E-state index is -0.730. The van der Waals surface area contributed by atoms with Crippen molar-refractivity contribution in [3.05, 3.63) is 67.8 Å². The van der Waals surface area contributed by atoms with Crippen molar-refractivity contribution in [2.75, 3.05) is 37.6 Å². The molecule has 0 bridgehead atoms. The fraction of sp³-hybridized carbons (Fsp3) is 0.514. The maximum absolute atomic E-state index is 13.6. The van der Waals surface area contributed by atoms with Crippen molar-refractivity contribution in [2.45, 2.75) is 84.7 Å². The summed E-state index contributed by atoms with van der Waals surface area (Å²) < 4.78 is 2.21. The van der Waals surface area contributed by atoms with Crippen LogP contribution in [0.4, 0.5) is 5.82 Å². The average Bonchev–Trinajstić information content (AvgIpc) is 3.31. The topological polar surface area (TPSA) is 110 Å². The number of nitriles is 1. The summed E-state index contributed by atoms with van der Waals surface area (Å²) in [5.74, 6) is -0.0954. The van der Waals surface area contributed by atoms with Crippen LogP contribution >= 0.6 is 24.0 Å². The highest BCUT2D eigenvalue weighted by atomic mass is 32.2. The molecule has 0 saturated carbocycles. The number of pyridine rings is 1. The van der Waals surface area contributed by atoms with Gasteiger partial charge >= 0.3 is 5.97 Å². The molecule has 1 N–H and O–H groups in total. The lowest BCUT2D eigenvalue weighted by Crippen LogP contribution is -2.48. The lowest BCUT2D eigenvalue weighted by atomic mass is 10.0. The summed E-state index contributed by atoms with van der Waals surface area (Å²) in [6.07, 6.45) is 9.95. The number of aliphatic carboxylic acids is 1. The van der Waals surface area contributed by atoms with Crippen LogP contribution in [-0.2, 0) is 22.7 Å². The number of carboxylic acid groups (broad SMARTS) is 1. The molecule has 0 aliphatic carbocycles. The summed E-state index contributed by atoms with van der Waals surface area (Å²) in [4.78, 5) is 44.4. The molecule has 1 amide bonds. The molecule has 2 aromatic rings. The van der Waals surface area contributed by atoms with Crippen LogP contribution in [-0.4, -0.2) is 68.4 Å². The van der Waals surface area contributed by atoms with Crippen molar-refractivity contribution in [1.29, 1.82) is 5.26 Å². The van der Waals surface area contributed by atoms with Crippen molar-refractivity contribution in [1.82, 2.24) is 14.4 Å². The molecule has 11 heteroatoms. The zero-order chi connectivity index (χ0) is 33.1. The molecule has 0 spiro atoms. The first-order chi connectivity index (χ1) is 22.2. The number of carbonyl (C=O) groups excluding carboxylic acids is 1. The highest BCUT2D eigenvalue weighted by Gasteiger charge is 2.33. The van der Waals surface area contributed by atoms with Crippen LogP contribution in [0.25, 0.3) is 6.08 Å². The van der Waals surface area contributed by atoms with Gasteiger partial charge in [-0.15, -0.1) is 0 Å². The van der Waals surface area contributed by atoms with Gasteiger partial charge in [0.25, 0.3) is 11.5 Å². The first kappa shape index (κ1) is 35.4. The molecule has 2 saturated heterocycles. The van der Waals surface area contributed by atoms with E-state index in [1.165, 1.54) is 17.3 Å². The number of piperazine rings is 1. The van der Waals surface area contributed by atoms with E-state index in [0.29, 0.717) is 27.9 Å². The monoisotopic (exact) mass is 663 g/mol. The molecule has 1 aromatic carbocycles. The van der Waals surface area contributed by atoms with Gasteiger partial charge in [-0.3, -0.25) is 28.8 Å². The Balaban J connectivity index is 1.44. The number of amides is 1. The molecule has 0 radical (unpaired) electrons. The van der Waals surface area contributed by atoms with Crippen molar-refractivity contribution >= 4 is 52.1 Å². The Hall–Kier alpha value is -3.46. The molecule has 246 valence electrons. The third kappa shape index (κ3) is 9.08. The Morgan fingerprint density at radius 1 is 1.00 bits per heavy atom. The van der Waals surface area contributed by atoms with E-state index >= 15 is 0 Å². The third-order valence-electron chi connectivity index (χ3n) is 8.75. The zero-order valence-corrected chi connectivity index (χ0v) is 28.6. The summed E-state index contributed by atoms with van der Waals surface area (Å²) in [7, 11) is 0. The number of aromatic nitrogens is 1. The molecule has 3 heterocycles. The number of hydrogen-bond donors (Lipinski definition) is 1. The normalized spacial score (nSPS) is 16.4. The van der Waals surface area contributed by atoms with Crippen molar-refractivity contribution in [2.24, 2.45) is 0 Å². The number of rotatable bonds is 16. The number of carbonyl (C=O) groups is 2. The van der Waals surface area contributed by atoms with E-state index in [4.69, 9.17) is 17.3 Å². The molecule has 9 nitrogen and oxygen atoms in total. The lowest BCUT2D eigenvalue weighted by molar-refractivity contribution is -0.137. The van der Waals surface area contributed by atoms with Crippen LogP contribution in [0.15, 0.2) is 40.0 Å². The Kier molecular flexibility index (Phi) is 13.4. The Morgan fingerprint density at radius 2 is 1.63 bits per heavy atom. The molecule has 1 aromatic heterocycles. The van der Waals surface area contributed by atoms with Crippen LogP contribution in [0.2, 0.25) is 0 Å². The van der Waals surface area contributed by atoms with Crippen LogP contribution in [0.5, 0.6) is 0 Å². The van der Waals surface area contributed by atoms with E-state index in [1.807, 2.05) is 19.1 Å². The molecule has 4 rings (SSSR count). The Morgan fingerprint density at radius 3 is 2.24 bits per heavy atom. The quantitative estimate of drug-likeness (QED) is 0.128. The van der Waals surface area contributed by atoms with E-state index in [9.17, 15) is 19.6 Å². The van der Waals surface area contributed by atoms with E-state index in [0.717, 1.165) is 95.5 Å². The third-order valence-corrected chi connectivity index (χ3v) is 10.1. The standard InChI is InChI=1S/C35H45N5O4S2/c1-3-39-32(38-21-19-37(20-22-38)25-27-15-11-10-12-16-27)28(26(2)29(24-36)33(39)43)23-30-34(44)40(35(45)46-30)18-14-9-7-5-4-6-8-13-17-31(41)42/h10-12,15-16,23H,3-9,13-14,17-22,25H2,1-2H3,(H,41,42). The molecule has 2 aliphatic rings. The zero-order valence-electron chi connectivity index (χ0n) is 27.0. The fourth-order valence-electron chi connectivity index (χ4n) is 6.17. The second-order valence-corrected chi connectivity index (χ2v) is 13.6. The number of unbranched alkanes of at least 4 members (excludes halogenated alkanes) is 7. The predicted molar refractivity (Wildman–Crippen MR) is 189 cm³/mol. The highest BCUT2D eigenvalue weighted by Crippen LogP contribution is 2.36. The van der Waals surface area contributed by atoms with Crippen LogP contribution in [0.1, 0.15) is 87.0 Å². The number of anilines is 1. The summed E-state index contributed by atoms with van der Waals surface area (Å²) in [6.45, 7) is 8.67. The molecular formula is C35H45N5O4S2. The van der Waals surface area contributed by atoms with Gasteiger partial charge in [0.15, 0.2) is 0 Å². The first-order valence-electron chi connectivity index (χ1n) is 16.4. The molecule has 0 unspecified atom stereocenters. The average molecular weight is 664 g/mol. The van der Waals surface area contributed by atoms with Crippen LogP contribution in [0.3, 0.4) is 0 Å². The van der Waals surface area contributed by atoms with Gasteiger partial charge in [-0.25, -0.2) is 0 Å². The molecular weight excluding hydrogens is 619 g/mol. The van der Waals surface area contributed by atoms with E-state index in [1.54, 1.807) is 16.4 Å². The first-order valence-corrected chi connectivity index (χ1v) is 17.6. The fourth-order valence-corrected chi connectivity index (χ4v) is 7.46. The number of thiocarbonyl (C=S) groups is 1. The second-order valence-electron chi connectivity index (χ2n) is 12.0. The number of thioether (sulfide) groups is 1. The minimum Gasteiger partial charge on any atom is -0.481 e. The van der Waals surface area contributed by atoms with Gasteiger partial charge in [0.1, 0.15) is 21.8 Å². The summed E-state index contributed by atoms with van der Waals surface area (Å²) in [5, 5.41) is 18.7. The highest BCUT2D eigenvalue weighted by molar-refractivity contribution is 8.26. The van der Waals surface area contributed by atoms with Gasteiger partial charge in [-0.2, -0.15) is 5.26 Å². The number of carboxylic acids is 1. The van der Waals surface area contributed by atoms with Gasteiger partial charge < -0.3 is 10.0 Å². The Labute approximate surface area is 281 Å². The Bertz CT molecular complexity index is 1520. The summed E-state index contributed by atoms with van der Waals surface area (Å²) >= 11 is 6.91. The lowest BCUT2D eigenvalue weighted by Gasteiger charge is -2.38. The molecule has 2 aliphatic heterocycles. The van der Waals surface area contributed by atoms with Crippen LogP contribution < -0.4 is 10.5 Å². The van der Waals surface area contributed by atoms with Crippen LogP contribution in [0, 0.1) is 18.3 Å². The summed E-state index contributed by atoms with van der Waals surface area (Å²) in [5.41, 5.74) is 2.40. The van der Waals surface area contributed by atoms with E-state index in [-0.39, 0.29) is 23.5 Å². The SMILES string of the molecule is CCn1c(N2CCN(Cc3ccccc3)CC2)c(C=C2SC(=S)N(CCCCCCCCCCC(=O)O)C2=O)c(C)c(C#N)c1=O. The van der Waals surface area contributed by atoms with Crippen molar-refractivity contribution < 1.29 is 14.7 Å². The molecule has 46 heavy (non-hydrogen) atoms. The van der Waals surface area contributed by atoms with Gasteiger partial charge in [0.2, 0.25) is 0 Å². The van der Waals surface area contributed by atoms with Crippen molar-refractivity contribution in [3.8, 4) is 6.07 Å². The van der Waals surface area contributed by atoms with Crippen molar-refractivity contribution in [3.63, 3.8) is 0 Å². The van der Waals surface area contributed by atoms with E-state index in [2.05, 4.69) is 40.1 Å². The minimum absolute atomic E-state index is 0.108. The maximum atomic E-state index is 13.6. The van der Waals surface area contributed by atoms with Gasteiger partial charge in [-0.1, -0.05) is 92.8 Å². The number of hydrogen-bond acceptors (Lipinski definition) is 8. The molecule has 0 atom stereocenters. The second kappa shape index (κ2) is 17.5. The predicted octanol–water partition coefficient (Wildman–Crippen LogP) is 6.17. The van der Waals surface area contributed by atoms with Gasteiger partial charge in [-0.05, 0) is 43.9 Å². The summed E-state index contributed by atoms with van der Waals surface area (Å²) in [6, 6.07) is 12.5. The van der Waals surface area contributed by atoms with E-state index < -0.39 is 5.97 Å². The van der Waals surface area contributed by atoms with Gasteiger partial charge in [0, 0.05) is 57.8 Å². The number of nitrogens with zero attached hydrogens (tertiary/aromatic N) is 5. The maximum Gasteiger partial charge on any atom is 0.303 e. The molecule has 2 fully saturated rings.